The lowest BCUT2D eigenvalue weighted by Gasteiger charge is -2.34. The van der Waals surface area contributed by atoms with Crippen LogP contribution in [0.4, 0.5) is 5.69 Å². The average molecular weight is 359 g/mol. The van der Waals surface area contributed by atoms with Crippen molar-refractivity contribution in [2.24, 2.45) is 5.92 Å². The summed E-state index contributed by atoms with van der Waals surface area (Å²) in [4.78, 5) is 16.4. The lowest BCUT2D eigenvalue weighted by Crippen LogP contribution is -2.48. The molecule has 2 rings (SSSR count). The highest BCUT2D eigenvalue weighted by Crippen LogP contribution is 2.29. The summed E-state index contributed by atoms with van der Waals surface area (Å²) in [6.07, 6.45) is 1.34. The lowest BCUT2D eigenvalue weighted by atomic mass is 9.82. The molecule has 0 bridgehead atoms. The van der Waals surface area contributed by atoms with Gasteiger partial charge in [-0.05, 0) is 41.8 Å². The highest BCUT2D eigenvalue weighted by atomic mass is 79.9. The van der Waals surface area contributed by atoms with Crippen molar-refractivity contribution in [3.8, 4) is 5.88 Å². The van der Waals surface area contributed by atoms with E-state index >= 15 is 0 Å². The number of nitrogens with one attached hydrogen (secondary N) is 1. The number of carbonyl (C=O) groups excluding carboxylic acids is 1. The number of rotatable bonds is 4. The quantitative estimate of drug-likeness (QED) is 0.804. The minimum Gasteiger partial charge on any atom is -0.481 e. The summed E-state index contributed by atoms with van der Waals surface area (Å²) in [5.41, 5.74) is -0.918. The van der Waals surface area contributed by atoms with Crippen LogP contribution in [0.25, 0.3) is 0 Å². The standard InChI is InChI=1S/C14H19BrN2O4/c1-14(19,9-3-5-21-6-4-9)13(18)16-10-7-11(15)17-12(8-10)20-2/h7-9,19H,3-6H2,1-2H3,(H,16,17,18)/t14-/m0/s1. The molecule has 0 radical (unpaired) electrons. The summed E-state index contributed by atoms with van der Waals surface area (Å²) >= 11 is 3.25. The van der Waals surface area contributed by atoms with E-state index in [1.165, 1.54) is 7.11 Å². The molecule has 0 aromatic carbocycles. The summed E-state index contributed by atoms with van der Waals surface area (Å²) in [5, 5.41) is 13.3. The third-order valence-corrected chi connectivity index (χ3v) is 4.12. The number of aromatic nitrogens is 1. The second kappa shape index (κ2) is 6.72. The second-order valence-electron chi connectivity index (χ2n) is 5.21. The number of pyridine rings is 1. The minimum absolute atomic E-state index is 0.113. The fourth-order valence-electron chi connectivity index (χ4n) is 2.35. The van der Waals surface area contributed by atoms with Gasteiger partial charge in [0.05, 0.1) is 7.11 Å². The number of hydrogen-bond acceptors (Lipinski definition) is 5. The fourth-order valence-corrected chi connectivity index (χ4v) is 2.77. The molecule has 1 atom stereocenters. The molecule has 116 valence electrons. The van der Waals surface area contributed by atoms with Gasteiger partial charge in [-0.15, -0.1) is 0 Å². The van der Waals surface area contributed by atoms with Crippen molar-refractivity contribution in [3.05, 3.63) is 16.7 Å². The van der Waals surface area contributed by atoms with Crippen molar-refractivity contribution in [2.75, 3.05) is 25.6 Å². The number of aliphatic hydroxyl groups is 1. The molecule has 1 amide bonds. The third-order valence-electron chi connectivity index (χ3n) is 3.71. The van der Waals surface area contributed by atoms with Crippen molar-refractivity contribution in [3.63, 3.8) is 0 Å². The highest BCUT2D eigenvalue weighted by Gasteiger charge is 2.40. The number of carbonyl (C=O) groups is 1. The van der Waals surface area contributed by atoms with Gasteiger partial charge in [-0.25, -0.2) is 4.98 Å². The molecule has 7 heteroatoms. The van der Waals surface area contributed by atoms with Crippen LogP contribution in [-0.2, 0) is 9.53 Å². The molecule has 1 aromatic rings. The van der Waals surface area contributed by atoms with E-state index in [2.05, 4.69) is 26.2 Å². The van der Waals surface area contributed by atoms with E-state index in [0.29, 0.717) is 42.2 Å². The van der Waals surface area contributed by atoms with Crippen LogP contribution in [0.5, 0.6) is 5.88 Å². The van der Waals surface area contributed by atoms with E-state index in [9.17, 15) is 9.90 Å². The van der Waals surface area contributed by atoms with Crippen molar-refractivity contribution in [2.45, 2.75) is 25.4 Å². The first-order valence-electron chi connectivity index (χ1n) is 6.76. The predicted molar refractivity (Wildman–Crippen MR) is 81.3 cm³/mol. The Kier molecular flexibility index (Phi) is 5.18. The smallest absolute Gasteiger partial charge is 0.256 e. The summed E-state index contributed by atoms with van der Waals surface area (Å²) in [5.74, 6) is -0.168. The summed E-state index contributed by atoms with van der Waals surface area (Å²) in [6.45, 7) is 2.69. The second-order valence-corrected chi connectivity index (χ2v) is 6.02. The summed E-state index contributed by atoms with van der Waals surface area (Å²) in [6, 6.07) is 3.25. The maximum absolute atomic E-state index is 12.4. The topological polar surface area (TPSA) is 80.7 Å². The Labute approximate surface area is 132 Å². The van der Waals surface area contributed by atoms with Crippen LogP contribution in [0.15, 0.2) is 16.7 Å². The Hall–Kier alpha value is -1.18. The van der Waals surface area contributed by atoms with Gasteiger partial charge in [0.2, 0.25) is 5.88 Å². The number of ether oxygens (including phenoxy) is 2. The number of nitrogens with zero attached hydrogens (tertiary/aromatic N) is 1. The number of anilines is 1. The average Bonchev–Trinajstić information content (AvgIpc) is 2.47. The molecular formula is C14H19BrN2O4. The van der Waals surface area contributed by atoms with Gasteiger partial charge in [0.1, 0.15) is 10.2 Å². The molecule has 2 N–H and O–H groups in total. The number of halogens is 1. The van der Waals surface area contributed by atoms with Crippen LogP contribution in [0, 0.1) is 5.92 Å². The van der Waals surface area contributed by atoms with Crippen molar-refractivity contribution >= 4 is 27.5 Å². The van der Waals surface area contributed by atoms with Crippen LogP contribution < -0.4 is 10.1 Å². The van der Waals surface area contributed by atoms with Gasteiger partial charge in [0, 0.05) is 30.9 Å². The Balaban J connectivity index is 2.11. The molecule has 1 fully saturated rings. The van der Waals surface area contributed by atoms with E-state index < -0.39 is 11.5 Å². The largest absolute Gasteiger partial charge is 0.481 e. The normalized spacial score (nSPS) is 18.9. The maximum Gasteiger partial charge on any atom is 0.256 e. The highest BCUT2D eigenvalue weighted by molar-refractivity contribution is 9.10. The monoisotopic (exact) mass is 358 g/mol. The molecule has 1 saturated heterocycles. The van der Waals surface area contributed by atoms with Gasteiger partial charge >= 0.3 is 0 Å². The maximum atomic E-state index is 12.4. The van der Waals surface area contributed by atoms with Gasteiger partial charge in [-0.1, -0.05) is 0 Å². The number of methoxy groups -OCH3 is 1. The van der Waals surface area contributed by atoms with Crippen LogP contribution in [0.1, 0.15) is 19.8 Å². The van der Waals surface area contributed by atoms with Crippen LogP contribution in [-0.4, -0.2) is 41.9 Å². The van der Waals surface area contributed by atoms with Crippen LogP contribution >= 0.6 is 15.9 Å². The zero-order chi connectivity index (χ0) is 15.5. The van der Waals surface area contributed by atoms with E-state index in [0.717, 1.165) is 0 Å². The van der Waals surface area contributed by atoms with E-state index in [1.807, 2.05) is 0 Å². The van der Waals surface area contributed by atoms with Crippen LogP contribution in [0.3, 0.4) is 0 Å². The Morgan fingerprint density at radius 2 is 2.19 bits per heavy atom. The first-order valence-corrected chi connectivity index (χ1v) is 7.56. The first-order chi connectivity index (χ1) is 9.93. The zero-order valence-corrected chi connectivity index (χ0v) is 13.6. The van der Waals surface area contributed by atoms with Crippen molar-refractivity contribution < 1.29 is 19.4 Å². The molecule has 0 spiro atoms. The number of amides is 1. The van der Waals surface area contributed by atoms with Gasteiger partial charge < -0.3 is 19.9 Å². The lowest BCUT2D eigenvalue weighted by molar-refractivity contribution is -0.141. The third kappa shape index (κ3) is 3.93. The fraction of sp³-hybridized carbons (Fsp3) is 0.571. The number of hydrogen-bond donors (Lipinski definition) is 2. The van der Waals surface area contributed by atoms with Gasteiger partial charge in [-0.2, -0.15) is 0 Å². The van der Waals surface area contributed by atoms with E-state index in [1.54, 1.807) is 19.1 Å². The van der Waals surface area contributed by atoms with E-state index in [-0.39, 0.29) is 5.92 Å². The first kappa shape index (κ1) is 16.2. The van der Waals surface area contributed by atoms with E-state index in [4.69, 9.17) is 9.47 Å². The molecule has 1 aromatic heterocycles. The molecule has 1 aliphatic rings. The molecule has 0 unspecified atom stereocenters. The predicted octanol–water partition coefficient (Wildman–Crippen LogP) is 1.97. The van der Waals surface area contributed by atoms with Crippen LogP contribution in [0.2, 0.25) is 0 Å². The summed E-state index contributed by atoms with van der Waals surface area (Å²) < 4.78 is 10.9. The molecule has 6 nitrogen and oxygen atoms in total. The molecule has 1 aliphatic heterocycles. The Morgan fingerprint density at radius 3 is 2.81 bits per heavy atom. The molecule has 0 aliphatic carbocycles. The molecule has 0 saturated carbocycles. The molecular weight excluding hydrogens is 340 g/mol. The Bertz CT molecular complexity index is 516. The Morgan fingerprint density at radius 1 is 1.52 bits per heavy atom. The van der Waals surface area contributed by atoms with Gasteiger partial charge in [0.25, 0.3) is 5.91 Å². The van der Waals surface area contributed by atoms with Crippen molar-refractivity contribution in [1.29, 1.82) is 0 Å². The molecule has 21 heavy (non-hydrogen) atoms. The molecule has 2 heterocycles. The minimum atomic E-state index is -1.44. The summed E-state index contributed by atoms with van der Waals surface area (Å²) in [7, 11) is 1.50. The SMILES string of the molecule is COc1cc(NC(=O)[C@@](C)(O)C2CCOCC2)cc(Br)n1. The zero-order valence-electron chi connectivity index (χ0n) is 12.1. The van der Waals surface area contributed by atoms with Gasteiger partial charge in [0.15, 0.2) is 0 Å². The van der Waals surface area contributed by atoms with Crippen molar-refractivity contribution in [1.82, 2.24) is 4.98 Å². The van der Waals surface area contributed by atoms with Gasteiger partial charge in [-0.3, -0.25) is 4.79 Å².